The molecule has 3 aromatic rings. The van der Waals surface area contributed by atoms with Crippen molar-refractivity contribution in [3.05, 3.63) is 57.5 Å². The Morgan fingerprint density at radius 1 is 1.27 bits per heavy atom. The monoisotopic (exact) mass is 317 g/mol. The maximum Gasteiger partial charge on any atom is 0.364 e. The molecule has 7 heteroatoms. The molecule has 0 saturated carbocycles. The molecule has 0 aliphatic carbocycles. The van der Waals surface area contributed by atoms with Crippen LogP contribution in [0, 0.1) is 0 Å². The van der Waals surface area contributed by atoms with Crippen LogP contribution < -0.4 is 11.0 Å². The zero-order chi connectivity index (χ0) is 15.5. The van der Waals surface area contributed by atoms with Gasteiger partial charge in [0, 0.05) is 17.5 Å². The van der Waals surface area contributed by atoms with Crippen molar-refractivity contribution in [1.82, 2.24) is 19.8 Å². The Bertz CT molecular complexity index is 824. The molecule has 0 amide bonds. The summed E-state index contributed by atoms with van der Waals surface area (Å²) in [5, 5.41) is 14.4. The van der Waals surface area contributed by atoms with Gasteiger partial charge in [-0.2, -0.15) is 9.61 Å². The first-order valence-corrected chi connectivity index (χ1v) is 7.49. The normalized spacial score (nSPS) is 12.5. The molecule has 1 aromatic carbocycles. The molecule has 6 nitrogen and oxygen atoms in total. The van der Waals surface area contributed by atoms with Gasteiger partial charge in [-0.15, -0.1) is 5.10 Å². The van der Waals surface area contributed by atoms with Crippen molar-refractivity contribution >= 4 is 23.1 Å². The lowest BCUT2D eigenvalue weighted by Crippen LogP contribution is -2.16. The zero-order valence-corrected chi connectivity index (χ0v) is 12.8. The molecule has 2 heterocycles. The average molecular weight is 318 g/mol. The van der Waals surface area contributed by atoms with Crippen molar-refractivity contribution in [2.75, 3.05) is 11.9 Å². The lowest BCUT2D eigenvalue weighted by atomic mass is 9.96. The van der Waals surface area contributed by atoms with Gasteiger partial charge in [0.2, 0.25) is 0 Å². The molecule has 0 fully saturated rings. The van der Waals surface area contributed by atoms with Crippen LogP contribution >= 0.6 is 11.6 Å². The highest BCUT2D eigenvalue weighted by molar-refractivity contribution is 6.30. The number of H-pyrrole nitrogens is 1. The molecule has 0 spiro atoms. The highest BCUT2D eigenvalue weighted by Crippen LogP contribution is 2.21. The number of nitrogens with zero attached hydrogens (tertiary/aromatic N) is 3. The van der Waals surface area contributed by atoms with E-state index in [0.29, 0.717) is 17.4 Å². The third-order valence-corrected chi connectivity index (χ3v) is 3.89. The maximum atomic E-state index is 11.5. The van der Waals surface area contributed by atoms with E-state index in [2.05, 4.69) is 27.5 Å². The van der Waals surface area contributed by atoms with E-state index in [-0.39, 0.29) is 5.69 Å². The van der Waals surface area contributed by atoms with Crippen LogP contribution in [0.3, 0.4) is 0 Å². The van der Waals surface area contributed by atoms with E-state index in [0.717, 1.165) is 18.0 Å². The van der Waals surface area contributed by atoms with Crippen LogP contribution in [-0.2, 0) is 0 Å². The van der Waals surface area contributed by atoms with Crippen LogP contribution in [0.1, 0.15) is 24.8 Å². The first-order chi connectivity index (χ1) is 10.7. The van der Waals surface area contributed by atoms with Crippen LogP contribution in [0.4, 0.5) is 5.82 Å². The SMILES string of the molecule is CC[C@H](CNc1ccc2n[nH]c(=O)n2n1)c1ccc(Cl)cc1. The Balaban J connectivity index is 1.75. The molecule has 0 radical (unpaired) electrons. The largest absolute Gasteiger partial charge is 0.368 e. The molecule has 22 heavy (non-hydrogen) atoms. The van der Waals surface area contributed by atoms with Crippen LogP contribution in [0.15, 0.2) is 41.2 Å². The minimum absolute atomic E-state index is 0.343. The number of nitrogens with one attached hydrogen (secondary N) is 2. The summed E-state index contributed by atoms with van der Waals surface area (Å²) >= 11 is 5.93. The van der Waals surface area contributed by atoms with Crippen molar-refractivity contribution in [2.24, 2.45) is 0 Å². The molecule has 3 rings (SSSR count). The van der Waals surface area contributed by atoms with Gasteiger partial charge in [0.25, 0.3) is 0 Å². The molecule has 0 saturated heterocycles. The number of hydrogen-bond acceptors (Lipinski definition) is 4. The Labute approximate surface area is 132 Å². The molecule has 114 valence electrons. The van der Waals surface area contributed by atoms with Gasteiger partial charge in [-0.05, 0) is 36.2 Å². The summed E-state index contributed by atoms with van der Waals surface area (Å²) in [6.07, 6.45) is 0.989. The van der Waals surface area contributed by atoms with Crippen LogP contribution in [0.2, 0.25) is 5.02 Å². The predicted octanol–water partition coefficient (Wildman–Crippen LogP) is 2.68. The van der Waals surface area contributed by atoms with Gasteiger partial charge in [-0.3, -0.25) is 0 Å². The Kier molecular flexibility index (Phi) is 4.11. The molecular weight excluding hydrogens is 302 g/mol. The summed E-state index contributed by atoms with van der Waals surface area (Å²) in [6.45, 7) is 2.86. The summed E-state index contributed by atoms with van der Waals surface area (Å²) in [6, 6.07) is 11.4. The van der Waals surface area contributed by atoms with E-state index in [1.165, 1.54) is 10.1 Å². The summed E-state index contributed by atoms with van der Waals surface area (Å²) in [4.78, 5) is 11.5. The molecule has 0 aliphatic heterocycles. The minimum Gasteiger partial charge on any atom is -0.368 e. The number of aromatic nitrogens is 4. The highest BCUT2D eigenvalue weighted by atomic mass is 35.5. The third kappa shape index (κ3) is 2.96. The number of anilines is 1. The number of hydrogen-bond donors (Lipinski definition) is 2. The van der Waals surface area contributed by atoms with Crippen LogP contribution in [0.25, 0.3) is 5.65 Å². The topological polar surface area (TPSA) is 75.1 Å². The van der Waals surface area contributed by atoms with Gasteiger partial charge in [-0.25, -0.2) is 9.89 Å². The van der Waals surface area contributed by atoms with Gasteiger partial charge in [0.15, 0.2) is 5.65 Å². The Morgan fingerprint density at radius 2 is 2.05 bits per heavy atom. The van der Waals surface area contributed by atoms with E-state index in [1.807, 2.05) is 30.3 Å². The van der Waals surface area contributed by atoms with Crippen LogP contribution in [0.5, 0.6) is 0 Å². The summed E-state index contributed by atoms with van der Waals surface area (Å²) in [7, 11) is 0. The van der Waals surface area contributed by atoms with Crippen LogP contribution in [-0.4, -0.2) is 26.4 Å². The fourth-order valence-corrected chi connectivity index (χ4v) is 2.48. The summed E-state index contributed by atoms with van der Waals surface area (Å²) in [5.41, 5.74) is 1.38. The van der Waals surface area contributed by atoms with Crippen molar-refractivity contribution < 1.29 is 0 Å². The number of rotatable bonds is 5. The highest BCUT2D eigenvalue weighted by Gasteiger charge is 2.10. The molecule has 1 atom stereocenters. The molecule has 0 bridgehead atoms. The summed E-state index contributed by atoms with van der Waals surface area (Å²) < 4.78 is 1.24. The standard InChI is InChI=1S/C15H16ClN5O/c1-2-10(11-3-5-12(16)6-4-11)9-17-13-7-8-14-18-19-15(22)21(14)20-13/h3-8,10H,2,9H2,1H3,(H,17,20)(H,19,22)/t10-/m1/s1. The minimum atomic E-state index is -0.344. The van der Waals surface area contributed by atoms with Crippen molar-refractivity contribution in [3.8, 4) is 0 Å². The second-order valence-corrected chi connectivity index (χ2v) is 5.49. The molecule has 0 aliphatic rings. The lowest BCUT2D eigenvalue weighted by molar-refractivity contribution is 0.691. The fraction of sp³-hybridized carbons (Fsp3) is 0.267. The van der Waals surface area contributed by atoms with E-state index in [9.17, 15) is 4.79 Å². The number of fused-ring (bicyclic) bond motifs is 1. The van der Waals surface area contributed by atoms with Gasteiger partial charge in [0.1, 0.15) is 5.82 Å². The molecule has 2 aromatic heterocycles. The lowest BCUT2D eigenvalue weighted by Gasteiger charge is -2.16. The fourth-order valence-electron chi connectivity index (χ4n) is 2.36. The van der Waals surface area contributed by atoms with Gasteiger partial charge in [0.05, 0.1) is 0 Å². The smallest absolute Gasteiger partial charge is 0.364 e. The summed E-state index contributed by atoms with van der Waals surface area (Å²) in [5.74, 6) is 0.985. The van der Waals surface area contributed by atoms with Gasteiger partial charge < -0.3 is 5.32 Å². The first-order valence-electron chi connectivity index (χ1n) is 7.11. The first kappa shape index (κ1) is 14.6. The molecule has 2 N–H and O–H groups in total. The molecular formula is C15H16ClN5O. The average Bonchev–Trinajstić information content (AvgIpc) is 2.90. The Morgan fingerprint density at radius 3 is 2.77 bits per heavy atom. The van der Waals surface area contributed by atoms with Gasteiger partial charge in [-0.1, -0.05) is 30.7 Å². The van der Waals surface area contributed by atoms with Crippen molar-refractivity contribution in [1.29, 1.82) is 0 Å². The molecule has 0 unspecified atom stereocenters. The number of aromatic amines is 1. The predicted molar refractivity (Wildman–Crippen MR) is 86.6 cm³/mol. The van der Waals surface area contributed by atoms with E-state index >= 15 is 0 Å². The van der Waals surface area contributed by atoms with E-state index in [4.69, 9.17) is 11.6 Å². The van der Waals surface area contributed by atoms with Crippen molar-refractivity contribution in [3.63, 3.8) is 0 Å². The second kappa shape index (κ2) is 6.19. The number of halogens is 1. The van der Waals surface area contributed by atoms with Crippen molar-refractivity contribution in [2.45, 2.75) is 19.3 Å². The maximum absolute atomic E-state index is 11.5. The number of benzene rings is 1. The third-order valence-electron chi connectivity index (χ3n) is 3.64. The second-order valence-electron chi connectivity index (χ2n) is 5.05. The zero-order valence-electron chi connectivity index (χ0n) is 12.1. The Hall–Kier alpha value is -2.34. The van der Waals surface area contributed by atoms with E-state index < -0.39 is 0 Å². The van der Waals surface area contributed by atoms with Gasteiger partial charge >= 0.3 is 5.69 Å². The van der Waals surface area contributed by atoms with E-state index in [1.54, 1.807) is 6.07 Å². The quantitative estimate of drug-likeness (QED) is 0.758.